The smallest absolute Gasteiger partial charge is 0.314 e. The van der Waals surface area contributed by atoms with E-state index in [1.165, 1.54) is 19.3 Å². The summed E-state index contributed by atoms with van der Waals surface area (Å²) < 4.78 is 22.3. The minimum Gasteiger partial charge on any atom is -0.466 e. The summed E-state index contributed by atoms with van der Waals surface area (Å²) in [6, 6.07) is 0. The molecule has 0 radical (unpaired) electrons. The molecule has 48 heavy (non-hydrogen) atoms. The average molecular weight is 757 g/mol. The van der Waals surface area contributed by atoms with E-state index in [0.717, 1.165) is 38.4 Å². The Morgan fingerprint density at radius 2 is 1.19 bits per heavy atom. The predicted octanol–water partition coefficient (Wildman–Crippen LogP) is 9.22. The first kappa shape index (κ1) is 52.0. The van der Waals surface area contributed by atoms with Crippen molar-refractivity contribution in [2.45, 2.75) is 188 Å². The van der Waals surface area contributed by atoms with Gasteiger partial charge in [-0.05, 0) is 89.6 Å². The fourth-order valence-corrected chi connectivity index (χ4v) is 8.25. The van der Waals surface area contributed by atoms with E-state index in [2.05, 4.69) is 67.7 Å². The first-order chi connectivity index (χ1) is 21.0. The zero-order valence-corrected chi connectivity index (χ0v) is 37.2. The van der Waals surface area contributed by atoms with Crippen LogP contribution in [0.5, 0.6) is 0 Å². The van der Waals surface area contributed by atoms with Gasteiger partial charge in [-0.2, -0.15) is 27.0 Å². The Balaban J connectivity index is -0.000000685. The molecule has 0 aliphatic heterocycles. The van der Waals surface area contributed by atoms with Crippen LogP contribution in [-0.2, 0) is 32.7 Å². The number of rotatable bonds is 11. The molecule has 0 bridgehead atoms. The summed E-state index contributed by atoms with van der Waals surface area (Å²) in [5.41, 5.74) is -0.796. The van der Waals surface area contributed by atoms with Crippen molar-refractivity contribution in [3.8, 4) is 0 Å². The largest absolute Gasteiger partial charge is 0.466 e. The van der Waals surface area contributed by atoms with Gasteiger partial charge in [-0.15, -0.1) is 0 Å². The Kier molecular flexibility index (Phi) is 25.2. The lowest BCUT2D eigenvalue weighted by molar-refractivity contribution is -0.172. The topological polar surface area (TPSA) is 108 Å². The molecule has 0 aromatic carbocycles. The van der Waals surface area contributed by atoms with Gasteiger partial charge in [0.25, 0.3) is 0 Å². The molecule has 2 saturated carbocycles. The molecular weight excluding hydrogens is 681 g/mol. The van der Waals surface area contributed by atoms with Gasteiger partial charge < -0.3 is 28.2 Å². The maximum Gasteiger partial charge on any atom is 0.314 e. The molecule has 0 aromatic heterocycles. The van der Waals surface area contributed by atoms with Gasteiger partial charge >= 0.3 is 11.9 Å². The Bertz CT molecular complexity index is 907. The number of aldehydes is 1. The summed E-state index contributed by atoms with van der Waals surface area (Å²) in [4.78, 5) is 34.2. The van der Waals surface area contributed by atoms with E-state index in [0.29, 0.717) is 26.1 Å². The first-order valence-corrected chi connectivity index (χ1v) is 23.7. The lowest BCUT2D eigenvalue weighted by atomic mass is 9.69. The lowest BCUT2D eigenvalue weighted by Crippen LogP contribution is -2.54. The second-order valence-electron chi connectivity index (χ2n) is 16.3. The molecule has 0 amide bonds. The van der Waals surface area contributed by atoms with Crippen LogP contribution in [0, 0.1) is 11.3 Å². The first-order valence-electron chi connectivity index (χ1n) is 17.9. The average Bonchev–Trinajstić information content (AvgIpc) is 2.96. The minimum atomic E-state index is -1.99. The molecule has 288 valence electrons. The second-order valence-corrected chi connectivity index (χ2v) is 25.8. The second kappa shape index (κ2) is 23.2. The fourth-order valence-electron chi connectivity index (χ4n) is 5.50. The third-order valence-corrected chi connectivity index (χ3v) is 19.6. The molecule has 2 fully saturated rings. The van der Waals surface area contributed by atoms with Crippen LogP contribution in [0.15, 0.2) is 0 Å². The monoisotopic (exact) mass is 756 g/mol. The highest BCUT2D eigenvalue weighted by Gasteiger charge is 2.51. The third-order valence-electron chi connectivity index (χ3n) is 10.4. The minimum absolute atomic E-state index is 0. The summed E-state index contributed by atoms with van der Waals surface area (Å²) in [7, 11) is -3.71. The van der Waals surface area contributed by atoms with Crippen molar-refractivity contribution >= 4 is 61.9 Å². The van der Waals surface area contributed by atoms with Crippen LogP contribution in [0.3, 0.4) is 0 Å². The third kappa shape index (κ3) is 16.8. The van der Waals surface area contributed by atoms with Crippen molar-refractivity contribution in [3.05, 3.63) is 0 Å². The quantitative estimate of drug-likeness (QED) is 0.126. The molecule has 8 nitrogen and oxygen atoms in total. The van der Waals surface area contributed by atoms with Crippen LogP contribution in [-0.4, -0.2) is 71.5 Å². The summed E-state index contributed by atoms with van der Waals surface area (Å²) in [6.45, 7) is 29.9. The normalized spacial score (nSPS) is 18.8. The van der Waals surface area contributed by atoms with Gasteiger partial charge in [0.15, 0.2) is 16.6 Å². The highest BCUT2D eigenvalue weighted by atomic mass is 32.1. The summed E-state index contributed by atoms with van der Waals surface area (Å²) in [5.74, 6) is -0.0196. The van der Waals surface area contributed by atoms with E-state index in [-0.39, 0.29) is 67.1 Å². The maximum absolute atomic E-state index is 12.6. The van der Waals surface area contributed by atoms with Crippen molar-refractivity contribution in [1.29, 1.82) is 0 Å². The van der Waals surface area contributed by atoms with Crippen molar-refractivity contribution in [2.75, 3.05) is 13.2 Å². The van der Waals surface area contributed by atoms with Gasteiger partial charge in [0.05, 0.1) is 42.9 Å². The fraction of sp³-hybridized carbons (Fsp3) is 0.917. The number of hydrogen-bond acceptors (Lipinski definition) is 8. The van der Waals surface area contributed by atoms with Crippen LogP contribution in [0.1, 0.15) is 133 Å². The summed E-state index contributed by atoms with van der Waals surface area (Å²) >= 11 is 0. The van der Waals surface area contributed by atoms with Gasteiger partial charge in [-0.25, -0.2) is 0 Å². The van der Waals surface area contributed by atoms with Gasteiger partial charge in [0.2, 0.25) is 0 Å². The summed E-state index contributed by atoms with van der Waals surface area (Å²) in [6.07, 6.45) is 9.62. The molecule has 0 spiro atoms. The number of ether oxygens (including phenoxy) is 2. The zero-order valence-electron chi connectivity index (χ0n) is 33.2. The van der Waals surface area contributed by atoms with E-state index < -0.39 is 28.2 Å². The maximum atomic E-state index is 12.6. The van der Waals surface area contributed by atoms with E-state index in [4.69, 9.17) is 18.3 Å². The van der Waals surface area contributed by atoms with Crippen LogP contribution in [0.25, 0.3) is 0 Å². The lowest BCUT2D eigenvalue weighted by Gasteiger charge is -2.45. The van der Waals surface area contributed by atoms with Crippen molar-refractivity contribution in [1.82, 2.24) is 0 Å². The number of carbonyl (C=O) groups excluding carboxylic acids is 3. The standard InChI is InChI=1S/C18H36O4Si.C9H20O2Si.C9H16O2.2H2S/c1-8-21-16(20)18(12-10-9-11-13-18)15(19)14(2)22-23(6,7)17(3,4)5;1-8(7-10)11-12(5,6)9(2,3)4;1-2-11-9(10)8-6-4-3-5-7-8;;/h14-15,19H,8-13H2,1-7H3;7-8H,1-6H3;8H,2-7H2,1H3;2*1H2/t14-,15?;8-;;;/m00.../s1. The molecule has 12 heteroatoms. The predicted molar refractivity (Wildman–Crippen MR) is 214 cm³/mol. The number of aliphatic hydroxyl groups is 1. The highest BCUT2D eigenvalue weighted by Crippen LogP contribution is 2.44. The summed E-state index contributed by atoms with van der Waals surface area (Å²) in [5, 5.41) is 11.3. The Hall–Kier alpha value is -0.376. The van der Waals surface area contributed by atoms with Crippen LogP contribution >= 0.6 is 27.0 Å². The van der Waals surface area contributed by atoms with Gasteiger partial charge in [-0.1, -0.05) is 80.1 Å². The highest BCUT2D eigenvalue weighted by molar-refractivity contribution is 7.59. The Labute approximate surface area is 311 Å². The molecule has 2 aliphatic rings. The van der Waals surface area contributed by atoms with Crippen molar-refractivity contribution in [2.24, 2.45) is 11.3 Å². The molecular formula is C36H76O8S2Si2. The molecule has 1 unspecified atom stereocenters. The van der Waals surface area contributed by atoms with Gasteiger partial charge in [-0.3, -0.25) is 9.59 Å². The van der Waals surface area contributed by atoms with Gasteiger partial charge in [0, 0.05) is 0 Å². The number of hydrogen-bond donors (Lipinski definition) is 1. The van der Waals surface area contributed by atoms with Crippen LogP contribution in [0.4, 0.5) is 0 Å². The number of carbonyl (C=O) groups is 3. The molecule has 3 atom stereocenters. The molecule has 0 heterocycles. The molecule has 2 rings (SSSR count). The van der Waals surface area contributed by atoms with E-state index >= 15 is 0 Å². The Morgan fingerprint density at radius 3 is 1.58 bits per heavy atom. The van der Waals surface area contributed by atoms with Crippen LogP contribution in [0.2, 0.25) is 36.3 Å². The molecule has 1 N–H and O–H groups in total. The molecule has 0 aromatic rings. The van der Waals surface area contributed by atoms with E-state index in [9.17, 15) is 19.5 Å². The Morgan fingerprint density at radius 1 is 0.771 bits per heavy atom. The molecule has 2 aliphatic carbocycles. The zero-order chi connectivity index (χ0) is 36.0. The molecule has 0 saturated heterocycles. The number of aliphatic hydroxyl groups excluding tert-OH is 1. The van der Waals surface area contributed by atoms with Gasteiger partial charge in [0.1, 0.15) is 6.29 Å². The van der Waals surface area contributed by atoms with E-state index in [1.807, 2.05) is 20.8 Å². The van der Waals surface area contributed by atoms with Crippen molar-refractivity contribution in [3.63, 3.8) is 0 Å². The number of esters is 2. The van der Waals surface area contributed by atoms with E-state index in [1.54, 1.807) is 6.92 Å². The SMILES string of the molecule is CCOC(=O)C1(C(O)[C@H](C)O[Si](C)(C)C(C)(C)C)CCCCC1.CCOC(=O)C1CCCCC1.C[C@@H](C=O)O[Si](C)(C)C(C)(C)C.S.S. The van der Waals surface area contributed by atoms with Crippen molar-refractivity contribution < 1.29 is 37.8 Å². The van der Waals surface area contributed by atoms with Crippen LogP contribution < -0.4 is 0 Å².